The Hall–Kier alpha value is -0.370. The van der Waals surface area contributed by atoms with Crippen molar-refractivity contribution < 1.29 is 0 Å². The average Bonchev–Trinajstić information content (AvgIpc) is 2.21. The van der Waals surface area contributed by atoms with Gasteiger partial charge in [-0.15, -0.1) is 0 Å². The molecule has 0 radical (unpaired) electrons. The molecule has 34 valence electrons. The third-order valence-electron chi connectivity index (χ3n) is 0.842. The van der Waals surface area contributed by atoms with Gasteiger partial charge in [0, 0.05) is 12.6 Å². The maximum Gasteiger partial charge on any atom is 0.0548 e. The molecule has 0 spiro atoms. The fraction of sp³-hybridized carbons (Fsp3) is 0.750. The molecule has 1 fully saturated rings. The van der Waals surface area contributed by atoms with Crippen LogP contribution in [0.25, 0.3) is 0 Å². The Labute approximate surface area is 37.3 Å². The molecule has 1 saturated heterocycles. The zero-order valence-electron chi connectivity index (χ0n) is 3.65. The highest BCUT2D eigenvalue weighted by Gasteiger charge is 2.17. The molecule has 1 atom stereocenters. The predicted octanol–water partition coefficient (Wildman–Crippen LogP) is -0.341. The molecule has 0 aliphatic carbocycles. The first kappa shape index (κ1) is 3.81. The van der Waals surface area contributed by atoms with Gasteiger partial charge in [-0.3, -0.25) is 4.99 Å². The minimum absolute atomic E-state index is 0.669. The summed E-state index contributed by atoms with van der Waals surface area (Å²) in [4.78, 5) is 3.69. The molecule has 0 aromatic rings. The molecule has 2 heteroatoms. The molecule has 0 aromatic heterocycles. The summed E-state index contributed by atoms with van der Waals surface area (Å²) in [6.45, 7) is 5.38. The van der Waals surface area contributed by atoms with Crippen LogP contribution in [0.15, 0.2) is 4.99 Å². The van der Waals surface area contributed by atoms with Crippen molar-refractivity contribution >= 4 is 6.72 Å². The van der Waals surface area contributed by atoms with Crippen molar-refractivity contribution in [2.24, 2.45) is 4.99 Å². The van der Waals surface area contributed by atoms with Crippen molar-refractivity contribution in [1.29, 1.82) is 0 Å². The lowest BCUT2D eigenvalue weighted by atomic mass is 10.5. The van der Waals surface area contributed by atoms with Gasteiger partial charge in [-0.1, -0.05) is 0 Å². The van der Waals surface area contributed by atoms with E-state index in [2.05, 4.69) is 17.0 Å². The molecule has 0 aromatic carbocycles. The van der Waals surface area contributed by atoms with E-state index in [0.717, 1.165) is 13.1 Å². The third kappa shape index (κ3) is 0.792. The second kappa shape index (κ2) is 1.39. The van der Waals surface area contributed by atoms with Gasteiger partial charge in [0.05, 0.1) is 6.54 Å². The highest BCUT2D eigenvalue weighted by molar-refractivity contribution is 5.23. The van der Waals surface area contributed by atoms with Gasteiger partial charge in [-0.05, 0) is 6.72 Å². The predicted molar refractivity (Wildman–Crippen MR) is 26.2 cm³/mol. The van der Waals surface area contributed by atoms with E-state index in [-0.39, 0.29) is 0 Å². The van der Waals surface area contributed by atoms with Gasteiger partial charge in [0.25, 0.3) is 0 Å². The Kier molecular flexibility index (Phi) is 0.881. The first-order valence-corrected chi connectivity index (χ1v) is 2.09. The van der Waals surface area contributed by atoms with Crippen molar-refractivity contribution in [2.75, 3.05) is 13.1 Å². The second-order valence-electron chi connectivity index (χ2n) is 1.51. The summed E-state index contributed by atoms with van der Waals surface area (Å²) in [6.07, 6.45) is 0. The Bertz CT molecular complexity index is 56.6. The Morgan fingerprint density at radius 1 is 2.00 bits per heavy atom. The summed E-state index contributed by atoms with van der Waals surface area (Å²) < 4.78 is 0. The van der Waals surface area contributed by atoms with E-state index in [1.54, 1.807) is 0 Å². The fourth-order valence-electron chi connectivity index (χ4n) is 0.368. The molecule has 1 aliphatic heterocycles. The number of nitrogens with zero attached hydrogens (tertiary/aromatic N) is 1. The van der Waals surface area contributed by atoms with Gasteiger partial charge in [-0.25, -0.2) is 0 Å². The highest BCUT2D eigenvalue weighted by atomic mass is 15.1. The van der Waals surface area contributed by atoms with Crippen molar-refractivity contribution in [1.82, 2.24) is 5.32 Å². The summed E-state index contributed by atoms with van der Waals surface area (Å²) in [5.41, 5.74) is 0. The molecule has 6 heavy (non-hydrogen) atoms. The molecule has 2 nitrogen and oxygen atoms in total. The topological polar surface area (TPSA) is 34.3 Å². The molecule has 1 heterocycles. The second-order valence-corrected chi connectivity index (χ2v) is 1.51. The van der Waals surface area contributed by atoms with Crippen LogP contribution in [0.4, 0.5) is 0 Å². The summed E-state index contributed by atoms with van der Waals surface area (Å²) in [6, 6.07) is 0.669. The van der Waals surface area contributed by atoms with Crippen LogP contribution in [0.2, 0.25) is 0 Å². The highest BCUT2D eigenvalue weighted by Crippen LogP contribution is 1.93. The lowest BCUT2D eigenvalue weighted by molar-refractivity contribution is 0.947. The first-order chi connectivity index (χ1) is 2.93. The van der Waals surface area contributed by atoms with Crippen LogP contribution in [0.5, 0.6) is 0 Å². The molecule has 0 amide bonds. The van der Waals surface area contributed by atoms with E-state index in [4.69, 9.17) is 0 Å². The number of hydrogen-bond acceptors (Lipinski definition) is 2. The van der Waals surface area contributed by atoms with Gasteiger partial charge < -0.3 is 5.32 Å². The van der Waals surface area contributed by atoms with E-state index < -0.39 is 0 Å². The van der Waals surface area contributed by atoms with Gasteiger partial charge in [0.1, 0.15) is 0 Å². The van der Waals surface area contributed by atoms with Crippen LogP contribution < -0.4 is 5.32 Å². The maximum absolute atomic E-state index is 3.69. The molecule has 0 saturated carbocycles. The minimum Gasteiger partial charge on any atom is -0.309 e. The van der Waals surface area contributed by atoms with E-state index in [1.165, 1.54) is 0 Å². The van der Waals surface area contributed by atoms with E-state index in [0.29, 0.717) is 6.04 Å². The molecule has 1 rings (SSSR count). The van der Waals surface area contributed by atoms with Crippen LogP contribution in [0, 0.1) is 0 Å². The summed E-state index contributed by atoms with van der Waals surface area (Å²) in [5.74, 6) is 0. The smallest absolute Gasteiger partial charge is 0.0548 e. The van der Waals surface area contributed by atoms with Gasteiger partial charge >= 0.3 is 0 Å². The van der Waals surface area contributed by atoms with Gasteiger partial charge in [-0.2, -0.15) is 0 Å². The van der Waals surface area contributed by atoms with Crippen LogP contribution in [0.3, 0.4) is 0 Å². The lowest BCUT2D eigenvalue weighted by Crippen LogP contribution is -1.92. The quantitative estimate of drug-likeness (QED) is 0.360. The zero-order valence-corrected chi connectivity index (χ0v) is 3.65. The van der Waals surface area contributed by atoms with E-state index in [1.807, 2.05) is 0 Å². The largest absolute Gasteiger partial charge is 0.309 e. The molecule has 1 unspecified atom stereocenters. The minimum atomic E-state index is 0.669. The summed E-state index contributed by atoms with van der Waals surface area (Å²) >= 11 is 0. The normalized spacial score (nSPS) is 29.7. The molecule has 1 aliphatic rings. The molecule has 1 N–H and O–H groups in total. The average molecular weight is 84.1 g/mol. The summed E-state index contributed by atoms with van der Waals surface area (Å²) in [7, 11) is 0. The van der Waals surface area contributed by atoms with Crippen molar-refractivity contribution in [3.63, 3.8) is 0 Å². The van der Waals surface area contributed by atoms with Crippen molar-refractivity contribution in [2.45, 2.75) is 6.04 Å². The number of rotatable bonds is 2. The SMILES string of the molecule is C=NCC1CN1. The lowest BCUT2D eigenvalue weighted by Gasteiger charge is -1.76. The Balaban J connectivity index is 2.00. The first-order valence-electron chi connectivity index (χ1n) is 2.09. The van der Waals surface area contributed by atoms with Crippen LogP contribution in [0.1, 0.15) is 0 Å². The third-order valence-corrected chi connectivity index (χ3v) is 0.842. The van der Waals surface area contributed by atoms with E-state index >= 15 is 0 Å². The van der Waals surface area contributed by atoms with Crippen molar-refractivity contribution in [3.8, 4) is 0 Å². The van der Waals surface area contributed by atoms with E-state index in [9.17, 15) is 0 Å². The monoisotopic (exact) mass is 84.1 g/mol. The Morgan fingerprint density at radius 3 is 2.83 bits per heavy atom. The maximum atomic E-state index is 3.69. The van der Waals surface area contributed by atoms with Gasteiger partial charge in [0.15, 0.2) is 0 Å². The molecule has 0 bridgehead atoms. The molecular weight excluding hydrogens is 76.1 g/mol. The van der Waals surface area contributed by atoms with Crippen LogP contribution >= 0.6 is 0 Å². The number of nitrogens with one attached hydrogen (secondary N) is 1. The van der Waals surface area contributed by atoms with Crippen LogP contribution in [-0.4, -0.2) is 25.8 Å². The fourth-order valence-corrected chi connectivity index (χ4v) is 0.368. The molecular formula is C4H8N2. The van der Waals surface area contributed by atoms with Gasteiger partial charge in [0.2, 0.25) is 0 Å². The van der Waals surface area contributed by atoms with Crippen LogP contribution in [-0.2, 0) is 0 Å². The Morgan fingerprint density at radius 2 is 2.67 bits per heavy atom. The summed E-state index contributed by atoms with van der Waals surface area (Å²) in [5, 5.41) is 3.10. The van der Waals surface area contributed by atoms with Crippen molar-refractivity contribution in [3.05, 3.63) is 0 Å². The zero-order chi connectivity index (χ0) is 4.41. The number of hydrogen-bond donors (Lipinski definition) is 1. The number of aliphatic imine (C=N–C) groups is 1. The standard InChI is InChI=1S/C4H8N2/c1-5-2-4-3-6-4/h4,6H,1-3H2.